The number of ketones is 1. The standard InChI is InChI=1S/C28H36N4O3/c1-27(2)9-7-18(8-10-27)22-12-20(28(3,4)17-32-15-24(34)25(35)16-32)6-5-19(22)11-23(33)26-30-14-21(13-29)31-26/h5-7,12,14,24-25,34-35H,8-11,15-17H2,1-4H3,(H,30,31)/t24-,25+. The first kappa shape index (κ1) is 25.3. The number of nitriles is 1. The van der Waals surface area contributed by atoms with E-state index >= 15 is 0 Å². The Morgan fingerprint density at radius 2 is 2.00 bits per heavy atom. The maximum Gasteiger partial charge on any atom is 0.202 e. The number of hydrogen-bond acceptors (Lipinski definition) is 6. The molecule has 0 saturated carbocycles. The lowest BCUT2D eigenvalue weighted by atomic mass is 9.75. The lowest BCUT2D eigenvalue weighted by Crippen LogP contribution is -2.36. The molecule has 2 heterocycles. The Morgan fingerprint density at radius 1 is 1.29 bits per heavy atom. The fourth-order valence-electron chi connectivity index (χ4n) is 5.17. The molecule has 0 unspecified atom stereocenters. The summed E-state index contributed by atoms with van der Waals surface area (Å²) in [5.41, 5.74) is 4.84. The van der Waals surface area contributed by atoms with Crippen LogP contribution >= 0.6 is 0 Å². The number of benzene rings is 1. The molecule has 7 heteroatoms. The first-order valence-corrected chi connectivity index (χ1v) is 12.4. The zero-order chi connectivity index (χ0) is 25.4. The van der Waals surface area contributed by atoms with Gasteiger partial charge in [-0.3, -0.25) is 9.69 Å². The Labute approximate surface area is 207 Å². The van der Waals surface area contributed by atoms with Crippen molar-refractivity contribution >= 4 is 11.4 Å². The van der Waals surface area contributed by atoms with Crippen LogP contribution in [0.4, 0.5) is 0 Å². The number of carbonyl (C=O) groups is 1. The van der Waals surface area contributed by atoms with E-state index in [1.54, 1.807) is 0 Å². The van der Waals surface area contributed by atoms with Crippen LogP contribution in [-0.2, 0) is 11.8 Å². The van der Waals surface area contributed by atoms with E-state index in [0.29, 0.717) is 19.6 Å². The normalized spacial score (nSPS) is 22.6. The number of carbonyl (C=O) groups excluding carboxylic acids is 1. The van der Waals surface area contributed by atoms with E-state index in [1.807, 2.05) is 12.1 Å². The minimum absolute atomic E-state index is 0.142. The number of H-pyrrole nitrogens is 1. The molecule has 2 aromatic rings. The number of rotatable bonds is 7. The van der Waals surface area contributed by atoms with Gasteiger partial charge in [-0.2, -0.15) is 5.26 Å². The molecule has 1 aliphatic heterocycles. The molecule has 0 bridgehead atoms. The molecule has 1 aliphatic carbocycles. The van der Waals surface area contributed by atoms with Crippen LogP contribution in [-0.4, -0.2) is 62.7 Å². The number of hydrogen-bond donors (Lipinski definition) is 3. The van der Waals surface area contributed by atoms with Crippen molar-refractivity contribution < 1.29 is 15.0 Å². The van der Waals surface area contributed by atoms with E-state index in [4.69, 9.17) is 5.26 Å². The van der Waals surface area contributed by atoms with Crippen LogP contribution in [0.5, 0.6) is 0 Å². The van der Waals surface area contributed by atoms with E-state index in [9.17, 15) is 15.0 Å². The van der Waals surface area contributed by atoms with Crippen molar-refractivity contribution in [3.8, 4) is 6.07 Å². The van der Waals surface area contributed by atoms with Gasteiger partial charge < -0.3 is 15.2 Å². The predicted molar refractivity (Wildman–Crippen MR) is 135 cm³/mol. The highest BCUT2D eigenvalue weighted by molar-refractivity contribution is 5.95. The van der Waals surface area contributed by atoms with E-state index < -0.39 is 12.2 Å². The van der Waals surface area contributed by atoms with E-state index in [2.05, 4.69) is 60.8 Å². The molecule has 7 nitrogen and oxygen atoms in total. The molecular weight excluding hydrogens is 440 g/mol. The summed E-state index contributed by atoms with van der Waals surface area (Å²) in [5.74, 6) is 0.0679. The number of aliphatic hydroxyl groups excluding tert-OH is 2. The molecule has 0 amide bonds. The number of nitrogens with zero attached hydrogens (tertiary/aromatic N) is 3. The van der Waals surface area contributed by atoms with Crippen LogP contribution in [0.2, 0.25) is 0 Å². The van der Waals surface area contributed by atoms with Crippen LogP contribution in [0, 0.1) is 16.7 Å². The van der Waals surface area contributed by atoms with Crippen LogP contribution < -0.4 is 0 Å². The van der Waals surface area contributed by atoms with Crippen molar-refractivity contribution in [2.45, 2.75) is 71.0 Å². The summed E-state index contributed by atoms with van der Waals surface area (Å²) in [4.78, 5) is 22.0. The van der Waals surface area contributed by atoms with Gasteiger partial charge in [0.2, 0.25) is 5.78 Å². The van der Waals surface area contributed by atoms with Gasteiger partial charge in [-0.05, 0) is 46.9 Å². The van der Waals surface area contributed by atoms with Crippen LogP contribution in [0.1, 0.15) is 80.0 Å². The average Bonchev–Trinajstić information content (AvgIpc) is 3.40. The first-order valence-electron chi connectivity index (χ1n) is 12.4. The fraction of sp³-hybridized carbons (Fsp3) is 0.536. The number of aromatic nitrogens is 2. The van der Waals surface area contributed by atoms with Crippen molar-refractivity contribution in [1.82, 2.24) is 14.9 Å². The zero-order valence-electron chi connectivity index (χ0n) is 21.1. The number of imidazole rings is 1. The number of nitrogens with one attached hydrogen (secondary N) is 1. The Balaban J connectivity index is 1.64. The minimum Gasteiger partial charge on any atom is -0.389 e. The largest absolute Gasteiger partial charge is 0.389 e. The average molecular weight is 477 g/mol. The second-order valence-corrected chi connectivity index (χ2v) is 11.5. The molecular formula is C28H36N4O3. The third kappa shape index (κ3) is 5.72. The highest BCUT2D eigenvalue weighted by Gasteiger charge is 2.34. The summed E-state index contributed by atoms with van der Waals surface area (Å²) in [6, 6.07) is 8.34. The van der Waals surface area contributed by atoms with E-state index in [0.717, 1.165) is 36.0 Å². The maximum atomic E-state index is 13.0. The van der Waals surface area contributed by atoms with Crippen molar-refractivity contribution in [1.29, 1.82) is 5.26 Å². The highest BCUT2D eigenvalue weighted by Crippen LogP contribution is 2.40. The smallest absolute Gasteiger partial charge is 0.202 e. The second-order valence-electron chi connectivity index (χ2n) is 11.5. The molecule has 1 aromatic carbocycles. The monoisotopic (exact) mass is 476 g/mol. The molecule has 4 rings (SSSR count). The number of aromatic amines is 1. The lowest BCUT2D eigenvalue weighted by molar-refractivity contribution is 0.0572. The van der Waals surface area contributed by atoms with Gasteiger partial charge in [0.15, 0.2) is 5.82 Å². The van der Waals surface area contributed by atoms with Gasteiger partial charge in [-0.15, -0.1) is 0 Å². The van der Waals surface area contributed by atoms with Crippen molar-refractivity contribution in [3.05, 3.63) is 58.7 Å². The molecule has 1 fully saturated rings. The summed E-state index contributed by atoms with van der Waals surface area (Å²) in [7, 11) is 0. The lowest BCUT2D eigenvalue weighted by Gasteiger charge is -2.33. The third-order valence-corrected chi connectivity index (χ3v) is 7.47. The summed E-state index contributed by atoms with van der Waals surface area (Å²) in [6.07, 6.45) is 5.56. The van der Waals surface area contributed by atoms with Crippen LogP contribution in [0.25, 0.3) is 5.57 Å². The van der Waals surface area contributed by atoms with Gasteiger partial charge >= 0.3 is 0 Å². The highest BCUT2D eigenvalue weighted by atomic mass is 16.3. The summed E-state index contributed by atoms with van der Waals surface area (Å²) < 4.78 is 0. The number of allylic oxidation sites excluding steroid dienone is 2. The Kier molecular flexibility index (Phi) is 7.01. The molecule has 3 N–H and O–H groups in total. The van der Waals surface area contributed by atoms with Crippen molar-refractivity contribution in [2.24, 2.45) is 5.41 Å². The SMILES string of the molecule is CC1(C)CC=C(c2cc(C(C)(C)CN3C[C@@H](O)[C@@H](O)C3)ccc2CC(=O)c2ncc(C#N)[nH]2)CC1. The summed E-state index contributed by atoms with van der Waals surface area (Å²) in [6.45, 7) is 10.6. The Bertz CT molecular complexity index is 1160. The third-order valence-electron chi connectivity index (χ3n) is 7.47. The summed E-state index contributed by atoms with van der Waals surface area (Å²) in [5, 5.41) is 29.0. The fourth-order valence-corrected chi connectivity index (χ4v) is 5.17. The number of aliphatic hydroxyl groups is 2. The number of likely N-dealkylation sites (tertiary alicyclic amines) is 1. The zero-order valence-corrected chi connectivity index (χ0v) is 21.1. The van der Waals surface area contributed by atoms with E-state index in [1.165, 1.54) is 11.8 Å². The molecule has 186 valence electrons. The number of Topliss-reactive ketones (excluding diaryl/α,β-unsaturated/α-hetero) is 1. The van der Waals surface area contributed by atoms with Gasteiger partial charge in [0.05, 0.1) is 18.4 Å². The molecule has 0 spiro atoms. The predicted octanol–water partition coefficient (Wildman–Crippen LogP) is 3.62. The van der Waals surface area contributed by atoms with Crippen molar-refractivity contribution in [2.75, 3.05) is 19.6 Å². The van der Waals surface area contributed by atoms with Crippen LogP contribution in [0.3, 0.4) is 0 Å². The Morgan fingerprint density at radius 3 is 2.60 bits per heavy atom. The summed E-state index contributed by atoms with van der Waals surface area (Å²) >= 11 is 0. The molecule has 35 heavy (non-hydrogen) atoms. The minimum atomic E-state index is -0.700. The molecule has 2 aliphatic rings. The molecule has 2 atom stereocenters. The maximum absolute atomic E-state index is 13.0. The van der Waals surface area contributed by atoms with Crippen LogP contribution in [0.15, 0.2) is 30.5 Å². The Hall–Kier alpha value is -2.79. The van der Waals surface area contributed by atoms with Crippen molar-refractivity contribution in [3.63, 3.8) is 0 Å². The van der Waals surface area contributed by atoms with Gasteiger partial charge in [0.1, 0.15) is 11.8 Å². The van der Waals surface area contributed by atoms with Gasteiger partial charge in [-0.1, -0.05) is 52.0 Å². The molecule has 1 aromatic heterocycles. The van der Waals surface area contributed by atoms with Gasteiger partial charge in [0.25, 0.3) is 0 Å². The number of β-amino-alcohol motifs (C(OH)–C–C–N with tert-alkyl or cyclic N) is 2. The second kappa shape index (κ2) is 9.69. The topological polar surface area (TPSA) is 113 Å². The first-order chi connectivity index (χ1) is 16.5. The molecule has 0 radical (unpaired) electrons. The quantitative estimate of drug-likeness (QED) is 0.526. The van der Waals surface area contributed by atoms with Gasteiger partial charge in [-0.25, -0.2) is 4.98 Å². The molecule has 1 saturated heterocycles. The van der Waals surface area contributed by atoms with Gasteiger partial charge in [0, 0.05) is 31.5 Å². The van der Waals surface area contributed by atoms with E-state index in [-0.39, 0.29) is 34.6 Å².